The molecule has 0 saturated heterocycles. The number of benzene rings is 1. The number of rotatable bonds is 3. The van der Waals surface area contributed by atoms with Gasteiger partial charge in [0.1, 0.15) is 0 Å². The Balaban J connectivity index is 2.20. The summed E-state index contributed by atoms with van der Waals surface area (Å²) in [5, 5.41) is 14.7. The normalized spacial score (nSPS) is 24.6. The van der Waals surface area contributed by atoms with Gasteiger partial charge in [-0.05, 0) is 56.1 Å². The SMILES string of the molecule is Cc1cc(C)c([N+](=O)[O-])cc1NC1CCC(C)(C)CC1C. The molecule has 4 nitrogen and oxygen atoms in total. The fourth-order valence-corrected chi connectivity index (χ4v) is 3.55. The van der Waals surface area contributed by atoms with E-state index in [1.165, 1.54) is 12.8 Å². The summed E-state index contributed by atoms with van der Waals surface area (Å²) in [6.07, 6.45) is 3.51. The Kier molecular flexibility index (Phi) is 4.26. The quantitative estimate of drug-likeness (QED) is 0.640. The molecule has 0 aromatic heterocycles. The highest BCUT2D eigenvalue weighted by atomic mass is 16.6. The Morgan fingerprint density at radius 2 is 1.95 bits per heavy atom. The average molecular weight is 290 g/mol. The van der Waals surface area contributed by atoms with E-state index < -0.39 is 0 Å². The van der Waals surface area contributed by atoms with Crippen molar-refractivity contribution in [3.63, 3.8) is 0 Å². The van der Waals surface area contributed by atoms with Crippen molar-refractivity contribution in [3.05, 3.63) is 33.4 Å². The van der Waals surface area contributed by atoms with Crippen molar-refractivity contribution in [1.82, 2.24) is 0 Å². The minimum Gasteiger partial charge on any atom is -0.382 e. The zero-order valence-corrected chi connectivity index (χ0v) is 13.7. The minimum atomic E-state index is -0.298. The third-order valence-electron chi connectivity index (χ3n) is 4.77. The third kappa shape index (κ3) is 3.55. The molecule has 2 rings (SSSR count). The molecule has 1 aromatic rings. The van der Waals surface area contributed by atoms with Crippen molar-refractivity contribution in [2.24, 2.45) is 11.3 Å². The average Bonchev–Trinajstić information content (AvgIpc) is 2.34. The fourth-order valence-electron chi connectivity index (χ4n) is 3.55. The molecule has 116 valence electrons. The van der Waals surface area contributed by atoms with Crippen molar-refractivity contribution >= 4 is 11.4 Å². The van der Waals surface area contributed by atoms with Crippen molar-refractivity contribution in [2.75, 3.05) is 5.32 Å². The summed E-state index contributed by atoms with van der Waals surface area (Å²) in [5.41, 5.74) is 3.32. The molecule has 1 aliphatic carbocycles. The van der Waals surface area contributed by atoms with Crippen LogP contribution in [0.25, 0.3) is 0 Å². The van der Waals surface area contributed by atoms with Gasteiger partial charge in [-0.1, -0.05) is 20.8 Å². The number of nitro benzene ring substituents is 1. The molecule has 2 atom stereocenters. The van der Waals surface area contributed by atoms with E-state index in [4.69, 9.17) is 0 Å². The molecule has 2 unspecified atom stereocenters. The molecule has 0 bridgehead atoms. The van der Waals surface area contributed by atoms with Gasteiger partial charge >= 0.3 is 0 Å². The zero-order valence-electron chi connectivity index (χ0n) is 13.7. The monoisotopic (exact) mass is 290 g/mol. The van der Waals surface area contributed by atoms with Gasteiger partial charge < -0.3 is 5.32 Å². The Labute approximate surface area is 127 Å². The van der Waals surface area contributed by atoms with Crippen LogP contribution in [0.2, 0.25) is 0 Å². The van der Waals surface area contributed by atoms with Crippen LogP contribution in [0.4, 0.5) is 11.4 Å². The van der Waals surface area contributed by atoms with Gasteiger partial charge in [0.05, 0.1) is 4.92 Å². The molecule has 0 amide bonds. The molecule has 0 spiro atoms. The second-order valence-corrected chi connectivity index (χ2v) is 7.35. The molecule has 0 radical (unpaired) electrons. The zero-order chi connectivity index (χ0) is 15.8. The van der Waals surface area contributed by atoms with Crippen molar-refractivity contribution in [2.45, 2.75) is 59.9 Å². The van der Waals surface area contributed by atoms with E-state index in [0.29, 0.717) is 17.4 Å². The Morgan fingerprint density at radius 1 is 1.29 bits per heavy atom. The standard InChI is InChI=1S/C17H26N2O2/c1-11-8-12(2)16(19(20)21)9-15(11)18-14-6-7-17(4,5)10-13(14)3/h8-9,13-14,18H,6-7,10H2,1-5H3. The molecule has 1 aromatic carbocycles. The first-order valence-corrected chi connectivity index (χ1v) is 7.72. The lowest BCUT2D eigenvalue weighted by Gasteiger charge is -2.40. The number of nitro groups is 1. The van der Waals surface area contributed by atoms with Gasteiger partial charge in [-0.2, -0.15) is 0 Å². The number of aryl methyl sites for hydroxylation is 2. The molecule has 21 heavy (non-hydrogen) atoms. The summed E-state index contributed by atoms with van der Waals surface area (Å²) >= 11 is 0. The van der Waals surface area contributed by atoms with Gasteiger partial charge in [-0.15, -0.1) is 0 Å². The van der Waals surface area contributed by atoms with Crippen LogP contribution >= 0.6 is 0 Å². The van der Waals surface area contributed by atoms with E-state index in [-0.39, 0.29) is 10.6 Å². The molecule has 4 heteroatoms. The summed E-state index contributed by atoms with van der Waals surface area (Å²) in [4.78, 5) is 10.8. The number of hydrogen-bond donors (Lipinski definition) is 1. The lowest BCUT2D eigenvalue weighted by atomic mass is 9.70. The first-order chi connectivity index (χ1) is 9.69. The van der Waals surface area contributed by atoms with Crippen molar-refractivity contribution in [3.8, 4) is 0 Å². The van der Waals surface area contributed by atoms with Gasteiger partial charge in [-0.25, -0.2) is 0 Å². The highest BCUT2D eigenvalue weighted by Crippen LogP contribution is 2.40. The van der Waals surface area contributed by atoms with Crippen molar-refractivity contribution in [1.29, 1.82) is 0 Å². The maximum absolute atomic E-state index is 11.1. The smallest absolute Gasteiger partial charge is 0.274 e. The molecule has 1 fully saturated rings. The lowest BCUT2D eigenvalue weighted by molar-refractivity contribution is -0.385. The van der Waals surface area contributed by atoms with Gasteiger partial charge in [0.25, 0.3) is 5.69 Å². The van der Waals surface area contributed by atoms with E-state index >= 15 is 0 Å². The van der Waals surface area contributed by atoms with E-state index in [2.05, 4.69) is 26.1 Å². The Bertz CT molecular complexity index is 552. The van der Waals surface area contributed by atoms with E-state index in [1.54, 1.807) is 13.0 Å². The lowest BCUT2D eigenvalue weighted by Crippen LogP contribution is -2.37. The van der Waals surface area contributed by atoms with Crippen molar-refractivity contribution < 1.29 is 4.92 Å². The summed E-state index contributed by atoms with van der Waals surface area (Å²) in [5.74, 6) is 0.577. The second-order valence-electron chi connectivity index (χ2n) is 7.35. The Morgan fingerprint density at radius 3 is 2.52 bits per heavy atom. The van der Waals surface area contributed by atoms with Crippen LogP contribution in [0, 0.1) is 35.3 Å². The van der Waals surface area contributed by atoms with Crippen LogP contribution in [0.1, 0.15) is 51.2 Å². The van der Waals surface area contributed by atoms with Gasteiger partial charge in [0, 0.05) is 23.4 Å². The predicted octanol–water partition coefficient (Wildman–Crippen LogP) is 4.84. The van der Waals surface area contributed by atoms with Crippen LogP contribution < -0.4 is 5.32 Å². The predicted molar refractivity (Wildman–Crippen MR) is 86.8 cm³/mol. The molecule has 1 saturated carbocycles. The molecule has 1 aliphatic rings. The summed E-state index contributed by atoms with van der Waals surface area (Å²) < 4.78 is 0. The fraction of sp³-hybridized carbons (Fsp3) is 0.647. The number of nitrogens with one attached hydrogen (secondary N) is 1. The van der Waals surface area contributed by atoms with Gasteiger partial charge in [0.15, 0.2) is 0 Å². The van der Waals surface area contributed by atoms with E-state index in [0.717, 1.165) is 23.2 Å². The molecule has 0 heterocycles. The van der Waals surface area contributed by atoms with Crippen LogP contribution in [-0.4, -0.2) is 11.0 Å². The second kappa shape index (κ2) is 5.66. The minimum absolute atomic E-state index is 0.201. The maximum Gasteiger partial charge on any atom is 0.274 e. The first kappa shape index (κ1) is 15.8. The van der Waals surface area contributed by atoms with Crippen LogP contribution in [-0.2, 0) is 0 Å². The number of nitrogens with zero attached hydrogens (tertiary/aromatic N) is 1. The van der Waals surface area contributed by atoms with Gasteiger partial charge in [0.2, 0.25) is 0 Å². The molecular weight excluding hydrogens is 264 g/mol. The Hall–Kier alpha value is -1.58. The van der Waals surface area contributed by atoms with Crippen LogP contribution in [0.15, 0.2) is 12.1 Å². The molecule has 1 N–H and O–H groups in total. The summed E-state index contributed by atoms with van der Waals surface area (Å²) in [6.45, 7) is 10.7. The molecular formula is C17H26N2O2. The summed E-state index contributed by atoms with van der Waals surface area (Å²) in [7, 11) is 0. The number of hydrogen-bond acceptors (Lipinski definition) is 3. The topological polar surface area (TPSA) is 55.2 Å². The highest BCUT2D eigenvalue weighted by Gasteiger charge is 2.32. The van der Waals surface area contributed by atoms with E-state index in [9.17, 15) is 10.1 Å². The largest absolute Gasteiger partial charge is 0.382 e. The third-order valence-corrected chi connectivity index (χ3v) is 4.77. The summed E-state index contributed by atoms with van der Waals surface area (Å²) in [6, 6.07) is 3.99. The number of anilines is 1. The molecule has 0 aliphatic heterocycles. The van der Waals surface area contributed by atoms with Crippen LogP contribution in [0.3, 0.4) is 0 Å². The van der Waals surface area contributed by atoms with E-state index in [1.807, 2.05) is 13.0 Å². The first-order valence-electron chi connectivity index (χ1n) is 7.72. The van der Waals surface area contributed by atoms with Gasteiger partial charge in [-0.3, -0.25) is 10.1 Å². The van der Waals surface area contributed by atoms with Crippen LogP contribution in [0.5, 0.6) is 0 Å². The highest BCUT2D eigenvalue weighted by molar-refractivity contribution is 5.60. The maximum atomic E-state index is 11.1.